The van der Waals surface area contributed by atoms with E-state index < -0.39 is 12.0 Å². The maximum atomic E-state index is 13.9. The van der Waals surface area contributed by atoms with E-state index in [-0.39, 0.29) is 5.75 Å². The number of hydrogen-bond donors (Lipinski definition) is 0. The quantitative estimate of drug-likeness (QED) is 0.537. The van der Waals surface area contributed by atoms with Crippen molar-refractivity contribution >= 4 is 0 Å². The summed E-state index contributed by atoms with van der Waals surface area (Å²) in [6, 6.07) is 7.33. The molecule has 0 saturated heterocycles. The van der Waals surface area contributed by atoms with Crippen LogP contribution in [0.4, 0.5) is 8.78 Å². The maximum absolute atomic E-state index is 13.9. The third-order valence-electron chi connectivity index (χ3n) is 5.34. The van der Waals surface area contributed by atoms with Crippen molar-refractivity contribution in [2.24, 2.45) is 11.8 Å². The van der Waals surface area contributed by atoms with Gasteiger partial charge in [0.25, 0.3) is 0 Å². The van der Waals surface area contributed by atoms with Gasteiger partial charge in [-0.25, -0.2) is 0 Å². The topological polar surface area (TPSA) is 9.23 Å². The van der Waals surface area contributed by atoms with Crippen LogP contribution in [-0.4, -0.2) is 6.11 Å². The first-order chi connectivity index (χ1) is 11.0. The summed E-state index contributed by atoms with van der Waals surface area (Å²) >= 11 is 0. The number of alkyl halides is 2. The molecule has 1 aliphatic carbocycles. The Morgan fingerprint density at radius 2 is 1.70 bits per heavy atom. The summed E-state index contributed by atoms with van der Waals surface area (Å²) in [4.78, 5) is 0. The zero-order chi connectivity index (χ0) is 16.9. The molecule has 1 nitrogen and oxygen atoms in total. The molecule has 23 heavy (non-hydrogen) atoms. The fraction of sp³-hybridized carbons (Fsp3) is 0.700. The molecular weight excluding hydrogens is 294 g/mol. The molecule has 1 atom stereocenters. The molecular formula is C20H30F2O. The summed E-state index contributed by atoms with van der Waals surface area (Å²) < 4.78 is 32.6. The molecule has 0 N–H and O–H groups in total. The molecule has 1 aliphatic rings. The zero-order valence-corrected chi connectivity index (χ0v) is 14.7. The second-order valence-corrected chi connectivity index (χ2v) is 7.05. The van der Waals surface area contributed by atoms with Gasteiger partial charge in [-0.15, -0.1) is 0 Å². The summed E-state index contributed by atoms with van der Waals surface area (Å²) in [6.07, 6.45) is 4.92. The smallest absolute Gasteiger partial charge is 0.400 e. The predicted octanol–water partition coefficient (Wildman–Crippen LogP) is 6.78. The van der Waals surface area contributed by atoms with E-state index in [1.807, 2.05) is 12.1 Å². The summed E-state index contributed by atoms with van der Waals surface area (Å²) in [7, 11) is 0. The van der Waals surface area contributed by atoms with Gasteiger partial charge in [0.2, 0.25) is 0 Å². The molecule has 1 unspecified atom stereocenters. The lowest BCUT2D eigenvalue weighted by molar-refractivity contribution is -0.212. The highest BCUT2D eigenvalue weighted by molar-refractivity contribution is 5.30. The number of hydrogen-bond acceptors (Lipinski definition) is 1. The van der Waals surface area contributed by atoms with E-state index in [1.54, 1.807) is 19.1 Å². The Bertz CT molecular complexity index is 461. The molecule has 1 fully saturated rings. The van der Waals surface area contributed by atoms with Crippen molar-refractivity contribution in [2.45, 2.75) is 77.7 Å². The van der Waals surface area contributed by atoms with Crippen LogP contribution in [0, 0.1) is 11.8 Å². The Hall–Kier alpha value is -1.12. The summed E-state index contributed by atoms with van der Waals surface area (Å²) in [5, 5.41) is 0. The van der Waals surface area contributed by atoms with Crippen molar-refractivity contribution in [2.75, 3.05) is 0 Å². The van der Waals surface area contributed by atoms with Crippen LogP contribution in [0.1, 0.15) is 77.2 Å². The predicted molar refractivity (Wildman–Crippen MR) is 91.1 cm³/mol. The van der Waals surface area contributed by atoms with Gasteiger partial charge in [0.15, 0.2) is 0 Å². The molecule has 0 bridgehead atoms. The van der Waals surface area contributed by atoms with Crippen LogP contribution in [0.25, 0.3) is 0 Å². The van der Waals surface area contributed by atoms with E-state index in [4.69, 9.17) is 4.74 Å². The Morgan fingerprint density at radius 3 is 2.22 bits per heavy atom. The minimum Gasteiger partial charge on any atom is -0.432 e. The lowest BCUT2D eigenvalue weighted by Crippen LogP contribution is -2.32. The van der Waals surface area contributed by atoms with Crippen molar-refractivity contribution in [1.82, 2.24) is 0 Å². The normalized spacial score (nSPS) is 23.5. The van der Waals surface area contributed by atoms with Crippen LogP contribution < -0.4 is 4.74 Å². The van der Waals surface area contributed by atoms with Gasteiger partial charge in [0, 0.05) is 0 Å². The highest BCUT2D eigenvalue weighted by Crippen LogP contribution is 2.38. The van der Waals surface area contributed by atoms with Crippen molar-refractivity contribution in [3.8, 4) is 5.75 Å². The average molecular weight is 324 g/mol. The molecule has 1 aromatic carbocycles. The molecule has 0 heterocycles. The van der Waals surface area contributed by atoms with E-state index in [9.17, 15) is 8.78 Å². The van der Waals surface area contributed by atoms with Crippen molar-refractivity contribution < 1.29 is 13.5 Å². The molecule has 1 aromatic rings. The molecule has 0 amide bonds. The monoisotopic (exact) mass is 324 g/mol. The second kappa shape index (κ2) is 8.12. The lowest BCUT2D eigenvalue weighted by Gasteiger charge is -2.29. The number of rotatable bonds is 7. The maximum Gasteiger partial charge on any atom is 0.400 e. The minimum atomic E-state index is -3.10. The van der Waals surface area contributed by atoms with Crippen molar-refractivity contribution in [3.05, 3.63) is 29.8 Å². The molecule has 3 heteroatoms. The lowest BCUT2D eigenvalue weighted by atomic mass is 9.77. The molecule has 0 spiro atoms. The summed E-state index contributed by atoms with van der Waals surface area (Å²) in [5.41, 5.74) is 1.26. The first-order valence-electron chi connectivity index (χ1n) is 9.13. The molecule has 2 rings (SSSR count). The number of halogens is 2. The Balaban J connectivity index is 1.92. The fourth-order valence-electron chi connectivity index (χ4n) is 3.50. The third-order valence-corrected chi connectivity index (χ3v) is 5.34. The molecule has 130 valence electrons. The van der Waals surface area contributed by atoms with Crippen molar-refractivity contribution in [1.29, 1.82) is 0 Å². The Kier molecular flexibility index (Phi) is 6.43. The van der Waals surface area contributed by atoms with Gasteiger partial charge in [-0.3, -0.25) is 0 Å². The molecule has 0 radical (unpaired) electrons. The van der Waals surface area contributed by atoms with Crippen LogP contribution in [0.3, 0.4) is 0 Å². The molecule has 1 saturated carbocycles. The Labute approximate surface area is 139 Å². The van der Waals surface area contributed by atoms with Crippen LogP contribution in [0.2, 0.25) is 0 Å². The van der Waals surface area contributed by atoms with Gasteiger partial charge in [0.1, 0.15) is 5.75 Å². The van der Waals surface area contributed by atoms with Gasteiger partial charge >= 0.3 is 6.11 Å². The van der Waals surface area contributed by atoms with Crippen LogP contribution in [0.15, 0.2) is 24.3 Å². The Morgan fingerprint density at radius 1 is 1.09 bits per heavy atom. The highest BCUT2D eigenvalue weighted by Gasteiger charge is 2.38. The first-order valence-corrected chi connectivity index (χ1v) is 9.13. The van der Waals surface area contributed by atoms with Crippen LogP contribution >= 0.6 is 0 Å². The van der Waals surface area contributed by atoms with Gasteiger partial charge in [-0.05, 0) is 61.6 Å². The third kappa shape index (κ3) is 4.92. The number of ether oxygens (including phenoxy) is 1. The van der Waals surface area contributed by atoms with E-state index in [0.717, 1.165) is 5.92 Å². The molecule has 0 aliphatic heterocycles. The zero-order valence-electron chi connectivity index (χ0n) is 14.7. The van der Waals surface area contributed by atoms with Crippen molar-refractivity contribution in [3.63, 3.8) is 0 Å². The van der Waals surface area contributed by atoms with Crippen LogP contribution in [-0.2, 0) is 0 Å². The van der Waals surface area contributed by atoms with Gasteiger partial charge in [-0.2, -0.15) is 8.78 Å². The highest BCUT2D eigenvalue weighted by atomic mass is 19.3. The standard InChI is InChI=1S/C20H30F2O/c1-4-6-16-7-9-17(10-8-16)18-11-13-19(14-12-18)23-20(21,22)15(3)5-2/h11-17H,4-10H2,1-3H3. The fourth-order valence-corrected chi connectivity index (χ4v) is 3.50. The van der Waals surface area contributed by atoms with Gasteiger partial charge in [-0.1, -0.05) is 45.7 Å². The van der Waals surface area contributed by atoms with E-state index in [1.165, 1.54) is 51.0 Å². The molecule has 0 aromatic heterocycles. The van der Waals surface area contributed by atoms with Gasteiger partial charge in [0.05, 0.1) is 5.92 Å². The summed E-state index contributed by atoms with van der Waals surface area (Å²) in [6.45, 7) is 5.52. The SMILES string of the molecule is CCCC1CCC(c2ccc(OC(F)(F)C(C)CC)cc2)CC1. The second-order valence-electron chi connectivity index (χ2n) is 7.05. The van der Waals surface area contributed by atoms with Crippen LogP contribution in [0.5, 0.6) is 5.75 Å². The first kappa shape index (κ1) is 18.2. The largest absolute Gasteiger partial charge is 0.432 e. The minimum absolute atomic E-state index is 0.263. The van der Waals surface area contributed by atoms with Gasteiger partial charge < -0.3 is 4.74 Å². The van der Waals surface area contributed by atoms with E-state index in [2.05, 4.69) is 6.92 Å². The average Bonchev–Trinajstić information content (AvgIpc) is 2.55. The summed E-state index contributed by atoms with van der Waals surface area (Å²) in [5.74, 6) is 0.940. The number of benzene rings is 1. The van der Waals surface area contributed by atoms with E-state index in [0.29, 0.717) is 12.3 Å². The van der Waals surface area contributed by atoms with E-state index >= 15 is 0 Å².